The van der Waals surface area contributed by atoms with Crippen molar-refractivity contribution < 1.29 is 14.6 Å². The summed E-state index contributed by atoms with van der Waals surface area (Å²) in [5.41, 5.74) is 2.62. The standard InChI is InChI=1S/C19H23N3O3/c1-14-5-3-4-6-16(14)9-19(12-23)11-22(7-8-25-19)18(24)17-10-20-13-21-15(17)2/h3-6,10,13,23H,7-9,11-12H2,1-2H3/t19-/m0/s1. The Morgan fingerprint density at radius 2 is 2.16 bits per heavy atom. The Kier molecular flexibility index (Phi) is 5.11. The van der Waals surface area contributed by atoms with Gasteiger partial charge in [-0.3, -0.25) is 4.79 Å². The first kappa shape index (κ1) is 17.5. The molecular formula is C19H23N3O3. The van der Waals surface area contributed by atoms with Crippen molar-refractivity contribution in [1.29, 1.82) is 0 Å². The number of nitrogens with zero attached hydrogens (tertiary/aromatic N) is 3. The molecule has 1 atom stereocenters. The van der Waals surface area contributed by atoms with Crippen molar-refractivity contribution in [1.82, 2.24) is 14.9 Å². The highest BCUT2D eigenvalue weighted by Crippen LogP contribution is 2.25. The van der Waals surface area contributed by atoms with Crippen molar-refractivity contribution >= 4 is 5.91 Å². The van der Waals surface area contributed by atoms with Crippen molar-refractivity contribution in [2.24, 2.45) is 0 Å². The number of benzene rings is 1. The fourth-order valence-corrected chi connectivity index (χ4v) is 3.20. The zero-order valence-corrected chi connectivity index (χ0v) is 14.6. The maximum atomic E-state index is 12.9. The van der Waals surface area contributed by atoms with E-state index in [4.69, 9.17) is 4.74 Å². The summed E-state index contributed by atoms with van der Waals surface area (Å²) in [7, 11) is 0. The van der Waals surface area contributed by atoms with Gasteiger partial charge >= 0.3 is 0 Å². The summed E-state index contributed by atoms with van der Waals surface area (Å²) in [6, 6.07) is 8.03. The molecule has 2 heterocycles. The summed E-state index contributed by atoms with van der Waals surface area (Å²) in [5, 5.41) is 10.0. The van der Waals surface area contributed by atoms with Gasteiger partial charge in [-0.15, -0.1) is 0 Å². The van der Waals surface area contributed by atoms with Crippen molar-refractivity contribution in [3.8, 4) is 0 Å². The summed E-state index contributed by atoms with van der Waals surface area (Å²) in [6.45, 7) is 4.91. The van der Waals surface area contributed by atoms with E-state index in [1.165, 1.54) is 6.33 Å². The number of aromatic nitrogens is 2. The van der Waals surface area contributed by atoms with E-state index >= 15 is 0 Å². The Morgan fingerprint density at radius 1 is 1.36 bits per heavy atom. The molecule has 0 aliphatic carbocycles. The lowest BCUT2D eigenvalue weighted by molar-refractivity contribution is -0.123. The van der Waals surface area contributed by atoms with E-state index in [2.05, 4.69) is 9.97 Å². The smallest absolute Gasteiger partial charge is 0.257 e. The molecule has 6 nitrogen and oxygen atoms in total. The number of carbonyl (C=O) groups excluding carboxylic acids is 1. The predicted molar refractivity (Wildman–Crippen MR) is 93.3 cm³/mol. The largest absolute Gasteiger partial charge is 0.393 e. The number of ether oxygens (including phenoxy) is 1. The number of morpholine rings is 1. The van der Waals surface area contributed by atoms with Crippen LogP contribution in [0.5, 0.6) is 0 Å². The van der Waals surface area contributed by atoms with Gasteiger partial charge in [-0.25, -0.2) is 9.97 Å². The first-order valence-electron chi connectivity index (χ1n) is 8.40. The number of hydrogen-bond acceptors (Lipinski definition) is 5. The third-order valence-electron chi connectivity index (χ3n) is 4.74. The number of rotatable bonds is 4. The minimum Gasteiger partial charge on any atom is -0.393 e. The number of aliphatic hydroxyl groups excluding tert-OH is 1. The van der Waals surface area contributed by atoms with E-state index in [1.807, 2.05) is 31.2 Å². The van der Waals surface area contributed by atoms with Crippen LogP contribution in [0, 0.1) is 13.8 Å². The minimum atomic E-state index is -0.788. The maximum absolute atomic E-state index is 12.9. The third-order valence-corrected chi connectivity index (χ3v) is 4.74. The molecule has 0 bridgehead atoms. The molecule has 6 heteroatoms. The average Bonchev–Trinajstić information content (AvgIpc) is 2.64. The molecule has 0 spiro atoms. The molecule has 1 aromatic carbocycles. The molecule has 0 radical (unpaired) electrons. The Morgan fingerprint density at radius 3 is 2.88 bits per heavy atom. The highest BCUT2D eigenvalue weighted by molar-refractivity contribution is 5.95. The summed E-state index contributed by atoms with van der Waals surface area (Å²) in [5.74, 6) is -0.121. The van der Waals surface area contributed by atoms with E-state index in [0.29, 0.717) is 37.4 Å². The molecule has 0 unspecified atom stereocenters. The zero-order chi connectivity index (χ0) is 17.9. The number of aliphatic hydroxyl groups is 1. The highest BCUT2D eigenvalue weighted by Gasteiger charge is 2.39. The second-order valence-corrected chi connectivity index (χ2v) is 6.54. The molecule has 0 saturated carbocycles. The molecule has 1 amide bonds. The lowest BCUT2D eigenvalue weighted by Crippen LogP contribution is -2.57. The second-order valence-electron chi connectivity index (χ2n) is 6.54. The average molecular weight is 341 g/mol. The van der Waals surface area contributed by atoms with Crippen molar-refractivity contribution in [2.75, 3.05) is 26.3 Å². The lowest BCUT2D eigenvalue weighted by atomic mass is 9.90. The Balaban J connectivity index is 1.82. The molecule has 1 aliphatic heterocycles. The molecule has 1 N–H and O–H groups in total. The number of aryl methyl sites for hydroxylation is 2. The van der Waals surface area contributed by atoms with Gasteiger partial charge in [0.2, 0.25) is 0 Å². The van der Waals surface area contributed by atoms with Crippen LogP contribution in [0.1, 0.15) is 27.2 Å². The van der Waals surface area contributed by atoms with Gasteiger partial charge in [0.15, 0.2) is 0 Å². The van der Waals surface area contributed by atoms with Gasteiger partial charge in [-0.2, -0.15) is 0 Å². The molecule has 1 aromatic heterocycles. The van der Waals surface area contributed by atoms with Crippen LogP contribution < -0.4 is 0 Å². The number of hydrogen-bond donors (Lipinski definition) is 1. The molecule has 132 valence electrons. The van der Waals surface area contributed by atoms with Crippen LogP contribution in [0.15, 0.2) is 36.8 Å². The zero-order valence-electron chi connectivity index (χ0n) is 14.6. The van der Waals surface area contributed by atoms with Gasteiger partial charge in [-0.05, 0) is 25.0 Å². The number of amides is 1. The Bertz CT molecular complexity index is 765. The summed E-state index contributed by atoms with van der Waals surface area (Å²) >= 11 is 0. The van der Waals surface area contributed by atoms with Crippen LogP contribution in [-0.2, 0) is 11.2 Å². The molecule has 3 rings (SSSR count). The number of carbonyl (C=O) groups is 1. The van der Waals surface area contributed by atoms with E-state index in [-0.39, 0.29) is 12.5 Å². The van der Waals surface area contributed by atoms with Gasteiger partial charge in [0, 0.05) is 19.2 Å². The van der Waals surface area contributed by atoms with E-state index in [9.17, 15) is 9.90 Å². The second kappa shape index (κ2) is 7.29. The van der Waals surface area contributed by atoms with E-state index in [1.54, 1.807) is 18.0 Å². The van der Waals surface area contributed by atoms with Crippen LogP contribution in [0.25, 0.3) is 0 Å². The van der Waals surface area contributed by atoms with E-state index in [0.717, 1.165) is 11.1 Å². The molecule has 25 heavy (non-hydrogen) atoms. The maximum Gasteiger partial charge on any atom is 0.257 e. The highest BCUT2D eigenvalue weighted by atomic mass is 16.5. The molecule has 2 aromatic rings. The van der Waals surface area contributed by atoms with Crippen LogP contribution in [-0.4, -0.2) is 57.8 Å². The Hall–Kier alpha value is -2.31. The predicted octanol–water partition coefficient (Wildman–Crippen LogP) is 1.54. The van der Waals surface area contributed by atoms with Crippen LogP contribution >= 0.6 is 0 Å². The summed E-state index contributed by atoms with van der Waals surface area (Å²) < 4.78 is 5.95. The van der Waals surface area contributed by atoms with Crippen LogP contribution in [0.2, 0.25) is 0 Å². The fourth-order valence-electron chi connectivity index (χ4n) is 3.20. The van der Waals surface area contributed by atoms with Crippen LogP contribution in [0.3, 0.4) is 0 Å². The van der Waals surface area contributed by atoms with E-state index < -0.39 is 5.60 Å². The van der Waals surface area contributed by atoms with Gasteiger partial charge in [0.05, 0.1) is 31.0 Å². The fraction of sp³-hybridized carbons (Fsp3) is 0.421. The Labute approximate surface area is 147 Å². The molecule has 1 aliphatic rings. The van der Waals surface area contributed by atoms with Crippen molar-refractivity contribution in [3.05, 3.63) is 59.2 Å². The monoisotopic (exact) mass is 341 g/mol. The SMILES string of the molecule is Cc1ccccc1C[C@@]1(CO)CN(C(=O)c2cncnc2C)CCO1. The van der Waals surface area contributed by atoms with Crippen LogP contribution in [0.4, 0.5) is 0 Å². The minimum absolute atomic E-state index is 0.121. The quantitative estimate of drug-likeness (QED) is 0.913. The van der Waals surface area contributed by atoms with Crippen molar-refractivity contribution in [3.63, 3.8) is 0 Å². The summed E-state index contributed by atoms with van der Waals surface area (Å²) in [6.07, 6.45) is 3.54. The first-order chi connectivity index (χ1) is 12.0. The topological polar surface area (TPSA) is 75.5 Å². The molecule has 1 saturated heterocycles. The van der Waals surface area contributed by atoms with Gasteiger partial charge in [0.25, 0.3) is 5.91 Å². The van der Waals surface area contributed by atoms with Crippen molar-refractivity contribution in [2.45, 2.75) is 25.9 Å². The third kappa shape index (κ3) is 3.70. The lowest BCUT2D eigenvalue weighted by Gasteiger charge is -2.42. The van der Waals surface area contributed by atoms with Gasteiger partial charge < -0.3 is 14.7 Å². The van der Waals surface area contributed by atoms with Gasteiger partial charge in [0.1, 0.15) is 11.9 Å². The normalized spacial score (nSPS) is 20.5. The first-order valence-corrected chi connectivity index (χ1v) is 8.40. The molecule has 1 fully saturated rings. The summed E-state index contributed by atoms with van der Waals surface area (Å²) in [4.78, 5) is 22.6. The van der Waals surface area contributed by atoms with Gasteiger partial charge in [-0.1, -0.05) is 24.3 Å². The molecular weight excluding hydrogens is 318 g/mol.